The second-order valence-electron chi connectivity index (χ2n) is 1.76. The summed E-state index contributed by atoms with van der Waals surface area (Å²) in [5, 5.41) is 0. The van der Waals surface area contributed by atoms with Gasteiger partial charge in [0.1, 0.15) is 7.85 Å². The van der Waals surface area contributed by atoms with Gasteiger partial charge in [0, 0.05) is 0 Å². The maximum atomic E-state index is 5.49. The molecule has 0 saturated carbocycles. The summed E-state index contributed by atoms with van der Waals surface area (Å²) in [4.78, 5) is 0. The van der Waals surface area contributed by atoms with Crippen LogP contribution >= 0.6 is 0 Å². The molecule has 8 heavy (non-hydrogen) atoms. The maximum absolute atomic E-state index is 5.49. The minimum atomic E-state index is 0.882. The molecule has 1 aliphatic rings. The zero-order valence-electron chi connectivity index (χ0n) is 4.67. The van der Waals surface area contributed by atoms with Crippen LogP contribution in [0, 0.1) is 0 Å². The Morgan fingerprint density at radius 1 is 1.25 bits per heavy atom. The molecule has 1 rings (SSSR count). The fourth-order valence-electron chi connectivity index (χ4n) is 0.594. The smallest absolute Gasteiger partial charge is 0.108 e. The van der Waals surface area contributed by atoms with E-state index in [-0.39, 0.29) is 0 Å². The van der Waals surface area contributed by atoms with Gasteiger partial charge >= 0.3 is 0 Å². The minimum absolute atomic E-state index is 0.882. The summed E-state index contributed by atoms with van der Waals surface area (Å²) in [5.41, 5.74) is 0.926. The summed E-state index contributed by atoms with van der Waals surface area (Å²) >= 11 is 0. The molecular formula is C7H7B. The lowest BCUT2D eigenvalue weighted by molar-refractivity contribution is 1.36. The van der Waals surface area contributed by atoms with Crippen LogP contribution in [0.1, 0.15) is 6.42 Å². The van der Waals surface area contributed by atoms with E-state index in [1.807, 2.05) is 30.4 Å². The van der Waals surface area contributed by atoms with Crippen molar-refractivity contribution in [3.63, 3.8) is 0 Å². The highest BCUT2D eigenvalue weighted by molar-refractivity contribution is 6.21. The first kappa shape index (κ1) is 5.42. The van der Waals surface area contributed by atoms with Gasteiger partial charge in [0.2, 0.25) is 0 Å². The zero-order valence-corrected chi connectivity index (χ0v) is 4.67. The molecule has 0 bridgehead atoms. The van der Waals surface area contributed by atoms with E-state index in [0.717, 1.165) is 11.9 Å². The third-order valence-corrected chi connectivity index (χ3v) is 1.02. The molecule has 1 aliphatic carbocycles. The molecule has 0 aromatic heterocycles. The fourth-order valence-corrected chi connectivity index (χ4v) is 0.594. The monoisotopic (exact) mass is 102 g/mol. The van der Waals surface area contributed by atoms with Crippen molar-refractivity contribution in [2.45, 2.75) is 6.42 Å². The number of hydrogen-bond acceptors (Lipinski definition) is 0. The predicted molar refractivity (Wildman–Crippen MR) is 36.7 cm³/mol. The van der Waals surface area contributed by atoms with Gasteiger partial charge in [-0.2, -0.15) is 0 Å². The van der Waals surface area contributed by atoms with Crippen LogP contribution in [0.3, 0.4) is 0 Å². The van der Waals surface area contributed by atoms with Crippen LogP contribution in [0.4, 0.5) is 0 Å². The van der Waals surface area contributed by atoms with E-state index < -0.39 is 0 Å². The van der Waals surface area contributed by atoms with Crippen molar-refractivity contribution in [1.29, 1.82) is 0 Å². The summed E-state index contributed by atoms with van der Waals surface area (Å²) < 4.78 is 0. The fraction of sp³-hybridized carbons (Fsp3) is 0.143. The first-order valence-electron chi connectivity index (χ1n) is 2.67. The van der Waals surface area contributed by atoms with Crippen LogP contribution in [-0.4, -0.2) is 7.85 Å². The largest absolute Gasteiger partial charge is 0.114 e. The van der Waals surface area contributed by atoms with E-state index in [0.29, 0.717) is 0 Å². The van der Waals surface area contributed by atoms with E-state index in [1.54, 1.807) is 0 Å². The molecule has 0 fully saturated rings. The summed E-state index contributed by atoms with van der Waals surface area (Å²) in [7, 11) is 5.49. The SMILES string of the molecule is [B]C1=CC=CC=CC1. The molecule has 0 N–H and O–H groups in total. The highest BCUT2D eigenvalue weighted by Crippen LogP contribution is 2.00. The summed E-state index contributed by atoms with van der Waals surface area (Å²) in [6.45, 7) is 0. The molecule has 38 valence electrons. The van der Waals surface area contributed by atoms with Gasteiger partial charge in [0.25, 0.3) is 0 Å². The molecule has 0 nitrogen and oxygen atoms in total. The second kappa shape index (κ2) is 2.56. The molecule has 0 spiro atoms. The molecule has 0 unspecified atom stereocenters. The van der Waals surface area contributed by atoms with Gasteiger partial charge in [-0.05, 0) is 6.42 Å². The normalized spacial score (nSPS) is 17.8. The van der Waals surface area contributed by atoms with Crippen LogP contribution in [0.5, 0.6) is 0 Å². The predicted octanol–water partition coefficient (Wildman–Crippen LogP) is 1.55. The third kappa shape index (κ3) is 1.41. The number of rotatable bonds is 0. The Hall–Kier alpha value is -0.715. The molecule has 0 amide bonds. The molecule has 0 aliphatic heterocycles. The van der Waals surface area contributed by atoms with E-state index >= 15 is 0 Å². The zero-order chi connectivity index (χ0) is 5.82. The lowest BCUT2D eigenvalue weighted by Crippen LogP contribution is -1.74. The Balaban J connectivity index is 2.69. The average molecular weight is 102 g/mol. The van der Waals surface area contributed by atoms with Crippen molar-refractivity contribution < 1.29 is 0 Å². The van der Waals surface area contributed by atoms with Gasteiger partial charge in [-0.3, -0.25) is 0 Å². The van der Waals surface area contributed by atoms with Gasteiger partial charge in [-0.25, -0.2) is 0 Å². The molecule has 0 heterocycles. The Morgan fingerprint density at radius 2 is 2.12 bits per heavy atom. The molecule has 0 saturated heterocycles. The topological polar surface area (TPSA) is 0 Å². The van der Waals surface area contributed by atoms with E-state index in [2.05, 4.69) is 0 Å². The van der Waals surface area contributed by atoms with Crippen molar-refractivity contribution in [3.05, 3.63) is 35.9 Å². The van der Waals surface area contributed by atoms with Gasteiger partial charge in [-0.15, -0.1) is 5.47 Å². The maximum Gasteiger partial charge on any atom is 0.108 e. The molecule has 1 heteroatoms. The Kier molecular flexibility index (Phi) is 1.73. The third-order valence-electron chi connectivity index (χ3n) is 1.02. The number of hydrogen-bond donors (Lipinski definition) is 0. The van der Waals surface area contributed by atoms with E-state index in [9.17, 15) is 0 Å². The van der Waals surface area contributed by atoms with Gasteiger partial charge < -0.3 is 0 Å². The number of allylic oxidation sites excluding steroid dienone is 6. The second-order valence-corrected chi connectivity index (χ2v) is 1.76. The Bertz CT molecular complexity index is 152. The quantitative estimate of drug-likeness (QED) is 0.407. The van der Waals surface area contributed by atoms with Crippen molar-refractivity contribution in [3.8, 4) is 0 Å². The van der Waals surface area contributed by atoms with Crippen LogP contribution in [0.25, 0.3) is 0 Å². The van der Waals surface area contributed by atoms with Crippen molar-refractivity contribution in [2.75, 3.05) is 0 Å². The molecule has 0 aromatic carbocycles. The molecule has 0 aromatic rings. The van der Waals surface area contributed by atoms with Crippen LogP contribution in [0.2, 0.25) is 0 Å². The van der Waals surface area contributed by atoms with Crippen molar-refractivity contribution in [2.24, 2.45) is 0 Å². The summed E-state index contributed by atoms with van der Waals surface area (Å²) in [6, 6.07) is 0. The molecule has 2 radical (unpaired) electrons. The Morgan fingerprint density at radius 3 is 3.00 bits per heavy atom. The summed E-state index contributed by atoms with van der Waals surface area (Å²) in [5.74, 6) is 0. The van der Waals surface area contributed by atoms with E-state index in [1.165, 1.54) is 0 Å². The van der Waals surface area contributed by atoms with Crippen molar-refractivity contribution >= 4 is 7.85 Å². The Labute approximate surface area is 51.0 Å². The van der Waals surface area contributed by atoms with Crippen LogP contribution < -0.4 is 0 Å². The van der Waals surface area contributed by atoms with Gasteiger partial charge in [-0.1, -0.05) is 30.4 Å². The highest BCUT2D eigenvalue weighted by Gasteiger charge is 1.82. The highest BCUT2D eigenvalue weighted by atomic mass is 13.8. The first-order valence-corrected chi connectivity index (χ1v) is 2.67. The molecule has 0 atom stereocenters. The van der Waals surface area contributed by atoms with Crippen LogP contribution in [0.15, 0.2) is 35.9 Å². The lowest BCUT2D eigenvalue weighted by Gasteiger charge is -1.87. The first-order chi connectivity index (χ1) is 3.89. The minimum Gasteiger partial charge on any atom is -0.114 e. The van der Waals surface area contributed by atoms with Crippen molar-refractivity contribution in [1.82, 2.24) is 0 Å². The van der Waals surface area contributed by atoms with Gasteiger partial charge in [0.15, 0.2) is 0 Å². The molecular weight excluding hydrogens is 94.9 g/mol. The lowest BCUT2D eigenvalue weighted by atomic mass is 9.93. The van der Waals surface area contributed by atoms with E-state index in [4.69, 9.17) is 7.85 Å². The average Bonchev–Trinajstić information content (AvgIpc) is 1.94. The summed E-state index contributed by atoms with van der Waals surface area (Å²) in [6.07, 6.45) is 10.7. The van der Waals surface area contributed by atoms with Crippen LogP contribution in [-0.2, 0) is 0 Å². The standard InChI is InChI=1S/C7H7B/c8-7-5-3-1-2-4-6-7/h1-5H,6H2. The van der Waals surface area contributed by atoms with Gasteiger partial charge in [0.05, 0.1) is 0 Å².